The molecule has 236 valence electrons. The second-order valence-corrected chi connectivity index (χ2v) is 11.5. The Morgan fingerprint density at radius 1 is 1.07 bits per heavy atom. The number of aliphatic hydroxyl groups excluding tert-OH is 1. The quantitative estimate of drug-likeness (QED) is 0.0661. The maximum Gasteiger partial charge on any atom is 0.252 e. The van der Waals surface area contributed by atoms with Gasteiger partial charge in [-0.3, -0.25) is 4.79 Å². The third-order valence-electron chi connectivity index (χ3n) is 7.43. The number of amides is 1. The zero-order chi connectivity index (χ0) is 32.5. The number of hydrogen-bond donors (Lipinski definition) is 2. The van der Waals surface area contributed by atoms with E-state index in [1.807, 2.05) is 24.3 Å². The summed E-state index contributed by atoms with van der Waals surface area (Å²) in [5.74, 6) is -1.07. The molecule has 0 saturated heterocycles. The van der Waals surface area contributed by atoms with Gasteiger partial charge in [-0.25, -0.2) is 13.8 Å². The molecule has 0 radical (unpaired) electrons. The van der Waals surface area contributed by atoms with Gasteiger partial charge in [-0.1, -0.05) is 57.4 Å². The number of azide groups is 1. The molecule has 0 aromatic heterocycles. The van der Waals surface area contributed by atoms with E-state index in [9.17, 15) is 19.1 Å². The smallest absolute Gasteiger partial charge is 0.252 e. The predicted octanol–water partition coefficient (Wildman–Crippen LogP) is 7.29. The van der Waals surface area contributed by atoms with Crippen molar-refractivity contribution < 1.29 is 28.2 Å². The van der Waals surface area contributed by atoms with Crippen LogP contribution in [-0.2, 0) is 22.4 Å². The summed E-state index contributed by atoms with van der Waals surface area (Å²) >= 11 is 3.46. The van der Waals surface area contributed by atoms with Gasteiger partial charge in [-0.15, -0.1) is 0 Å². The van der Waals surface area contributed by atoms with E-state index in [0.29, 0.717) is 46.7 Å². The molecule has 2 atom stereocenters. The van der Waals surface area contributed by atoms with E-state index in [1.54, 1.807) is 48.5 Å². The monoisotopic (exact) mass is 689 g/mol. The Bertz CT molecular complexity index is 1740. The highest BCUT2D eigenvalue weighted by Crippen LogP contribution is 2.44. The lowest BCUT2D eigenvalue weighted by atomic mass is 9.81. The zero-order valence-corrected chi connectivity index (χ0v) is 26.2. The first-order valence-electron chi connectivity index (χ1n) is 14.5. The standard InChI is InChI=1S/C34H30BrF2N5O4/c35-26-10-6-23(7-11-26)31-34(21-25-4-1-2-5-30(25)41-42-38,33(44)39-15-14-22-18-27(36)20-28(37)19-22)40-32(46-31)24-8-12-29(13-9-24)45-17-3-16-43/h1-2,4-13,18-20,31,43H,3,14-17,21H2,(H,39,44)/t31-,34-/m1/s1. The van der Waals surface area contributed by atoms with Gasteiger partial charge in [0, 0.05) is 52.7 Å². The Kier molecular flexibility index (Phi) is 10.6. The number of benzene rings is 4. The fraction of sp³-hybridized carbons (Fsp3) is 0.235. The SMILES string of the molecule is [N-]=[N+]=Nc1ccccc1C[C@@]1(C(=O)NCCc2cc(F)cc(F)c2)N=C(c2ccc(OCCCO)cc2)O[C@@H]1c1ccc(Br)cc1. The summed E-state index contributed by atoms with van der Waals surface area (Å²) in [4.78, 5) is 22.3. The molecular formula is C34H30BrF2N5O4. The molecule has 0 saturated carbocycles. The highest BCUT2D eigenvalue weighted by molar-refractivity contribution is 9.10. The van der Waals surface area contributed by atoms with E-state index in [0.717, 1.165) is 10.5 Å². The molecule has 0 fully saturated rings. The topological polar surface area (TPSA) is 129 Å². The minimum absolute atomic E-state index is 0.00913. The van der Waals surface area contributed by atoms with E-state index < -0.39 is 29.2 Å². The van der Waals surface area contributed by atoms with Crippen molar-refractivity contribution in [2.75, 3.05) is 19.8 Å². The van der Waals surface area contributed by atoms with Gasteiger partial charge in [0.25, 0.3) is 5.91 Å². The zero-order valence-electron chi connectivity index (χ0n) is 24.6. The highest BCUT2D eigenvalue weighted by Gasteiger charge is 2.53. The van der Waals surface area contributed by atoms with Crippen LogP contribution >= 0.6 is 15.9 Å². The van der Waals surface area contributed by atoms with Crippen LogP contribution in [0, 0.1) is 11.6 Å². The lowest BCUT2D eigenvalue weighted by molar-refractivity contribution is -0.128. The third kappa shape index (κ3) is 7.71. The van der Waals surface area contributed by atoms with Crippen LogP contribution in [0.4, 0.5) is 14.5 Å². The molecule has 1 aliphatic rings. The fourth-order valence-corrected chi connectivity index (χ4v) is 5.51. The van der Waals surface area contributed by atoms with E-state index in [4.69, 9.17) is 19.6 Å². The van der Waals surface area contributed by atoms with Crippen molar-refractivity contribution in [3.8, 4) is 5.75 Å². The number of ether oxygens (including phenoxy) is 2. The van der Waals surface area contributed by atoms with Gasteiger partial charge in [-0.05, 0) is 77.2 Å². The van der Waals surface area contributed by atoms with Crippen molar-refractivity contribution >= 4 is 33.4 Å². The Morgan fingerprint density at radius 3 is 2.48 bits per heavy atom. The van der Waals surface area contributed by atoms with Gasteiger partial charge in [0.1, 0.15) is 17.4 Å². The molecule has 0 aliphatic carbocycles. The summed E-state index contributed by atoms with van der Waals surface area (Å²) in [5, 5.41) is 15.8. The van der Waals surface area contributed by atoms with E-state index >= 15 is 0 Å². The molecule has 0 bridgehead atoms. The van der Waals surface area contributed by atoms with Crippen LogP contribution in [0.5, 0.6) is 5.75 Å². The van der Waals surface area contributed by atoms with Crippen molar-refractivity contribution in [1.29, 1.82) is 0 Å². The van der Waals surface area contributed by atoms with Crippen LogP contribution in [0.2, 0.25) is 0 Å². The summed E-state index contributed by atoms with van der Waals surface area (Å²) in [6, 6.07) is 24.6. The van der Waals surface area contributed by atoms with Crippen molar-refractivity contribution in [2.24, 2.45) is 10.1 Å². The van der Waals surface area contributed by atoms with Gasteiger partial charge in [0.05, 0.1) is 6.61 Å². The highest BCUT2D eigenvalue weighted by atomic mass is 79.9. The molecule has 1 aliphatic heterocycles. The second kappa shape index (κ2) is 15.0. The number of rotatable bonds is 13. The summed E-state index contributed by atoms with van der Waals surface area (Å²) in [6.45, 7) is 0.445. The molecule has 12 heteroatoms. The van der Waals surface area contributed by atoms with Crippen molar-refractivity contribution in [3.05, 3.63) is 140 Å². The molecule has 46 heavy (non-hydrogen) atoms. The molecule has 4 aromatic carbocycles. The first-order valence-corrected chi connectivity index (χ1v) is 15.3. The van der Waals surface area contributed by atoms with Crippen LogP contribution in [0.15, 0.2) is 106 Å². The Morgan fingerprint density at radius 2 is 1.78 bits per heavy atom. The minimum Gasteiger partial charge on any atom is -0.494 e. The average Bonchev–Trinajstić information content (AvgIpc) is 3.43. The lowest BCUT2D eigenvalue weighted by Crippen LogP contribution is -2.50. The Labute approximate surface area is 272 Å². The summed E-state index contributed by atoms with van der Waals surface area (Å²) in [6.07, 6.45) is -0.226. The van der Waals surface area contributed by atoms with Crippen LogP contribution < -0.4 is 10.1 Å². The molecule has 1 amide bonds. The molecular weight excluding hydrogens is 660 g/mol. The molecule has 2 N–H and O–H groups in total. The molecule has 0 spiro atoms. The van der Waals surface area contributed by atoms with Crippen LogP contribution in [0.25, 0.3) is 10.4 Å². The molecule has 5 rings (SSSR count). The maximum atomic E-state index is 14.4. The van der Waals surface area contributed by atoms with Crippen molar-refractivity contribution in [2.45, 2.75) is 30.9 Å². The van der Waals surface area contributed by atoms with Crippen LogP contribution in [0.3, 0.4) is 0 Å². The van der Waals surface area contributed by atoms with Gasteiger partial charge >= 0.3 is 0 Å². The number of carbonyl (C=O) groups excluding carboxylic acids is 1. The van der Waals surface area contributed by atoms with Crippen LogP contribution in [-0.4, -0.2) is 42.2 Å². The minimum atomic E-state index is -1.58. The predicted molar refractivity (Wildman–Crippen MR) is 173 cm³/mol. The summed E-state index contributed by atoms with van der Waals surface area (Å²) in [5.41, 5.74) is 10.2. The third-order valence-corrected chi connectivity index (χ3v) is 7.96. The first-order chi connectivity index (χ1) is 22.3. The molecule has 9 nitrogen and oxygen atoms in total. The van der Waals surface area contributed by atoms with Crippen molar-refractivity contribution in [1.82, 2.24) is 5.32 Å². The van der Waals surface area contributed by atoms with E-state index in [1.165, 1.54) is 12.1 Å². The average molecular weight is 691 g/mol. The van der Waals surface area contributed by atoms with Gasteiger partial charge in [0.2, 0.25) is 5.90 Å². The Hall–Kier alpha value is -4.77. The number of halogens is 3. The maximum absolute atomic E-state index is 14.4. The van der Waals surface area contributed by atoms with Crippen LogP contribution in [0.1, 0.15) is 34.8 Å². The molecule has 4 aromatic rings. The van der Waals surface area contributed by atoms with Gasteiger partial charge < -0.3 is 19.9 Å². The summed E-state index contributed by atoms with van der Waals surface area (Å²) in [7, 11) is 0. The van der Waals surface area contributed by atoms with Crippen molar-refractivity contribution in [3.63, 3.8) is 0 Å². The first kappa shape index (κ1) is 32.6. The summed E-state index contributed by atoms with van der Waals surface area (Å²) < 4.78 is 40.6. The fourth-order valence-electron chi connectivity index (χ4n) is 5.24. The van der Waals surface area contributed by atoms with E-state index in [2.05, 4.69) is 31.3 Å². The molecule has 1 heterocycles. The normalized spacial score (nSPS) is 17.0. The number of nitrogens with one attached hydrogen (secondary N) is 1. The molecule has 0 unspecified atom stereocenters. The number of carbonyl (C=O) groups is 1. The number of nitrogens with zero attached hydrogens (tertiary/aromatic N) is 4. The number of aliphatic hydroxyl groups is 1. The van der Waals surface area contributed by atoms with Gasteiger partial charge in [-0.2, -0.15) is 0 Å². The largest absolute Gasteiger partial charge is 0.494 e. The number of aliphatic imine (C=N–C) groups is 1. The lowest BCUT2D eigenvalue weighted by Gasteiger charge is -2.31. The second-order valence-electron chi connectivity index (χ2n) is 10.6. The van der Waals surface area contributed by atoms with Gasteiger partial charge in [0.15, 0.2) is 11.6 Å². The van der Waals surface area contributed by atoms with E-state index in [-0.39, 0.29) is 31.9 Å². The number of hydrogen-bond acceptors (Lipinski definition) is 6. The Balaban J connectivity index is 1.55.